The van der Waals surface area contributed by atoms with Gasteiger partial charge in [0, 0.05) is 46.9 Å². The van der Waals surface area contributed by atoms with Crippen molar-refractivity contribution < 1.29 is 13.7 Å². The number of fused-ring (bicyclic) bond motifs is 1. The summed E-state index contributed by atoms with van der Waals surface area (Å²) in [5, 5.41) is 5.20. The second-order valence-corrected chi connectivity index (χ2v) is 8.87. The first-order valence-electron chi connectivity index (χ1n) is 9.85. The van der Waals surface area contributed by atoms with Crippen LogP contribution in [0.5, 0.6) is 0 Å². The molecular formula is C22H18ClFN4O2S. The van der Waals surface area contributed by atoms with Crippen molar-refractivity contribution >= 4 is 38.9 Å². The van der Waals surface area contributed by atoms with Gasteiger partial charge >= 0.3 is 0 Å². The Morgan fingerprint density at radius 3 is 2.65 bits per heavy atom. The molecule has 0 saturated carbocycles. The van der Waals surface area contributed by atoms with Gasteiger partial charge in [0.15, 0.2) is 0 Å². The van der Waals surface area contributed by atoms with E-state index in [9.17, 15) is 9.18 Å². The average Bonchev–Trinajstić information content (AvgIpc) is 3.42. The number of thiophene rings is 1. The van der Waals surface area contributed by atoms with Crippen LogP contribution in [0.15, 0.2) is 53.1 Å². The Hall–Kier alpha value is -2.81. The summed E-state index contributed by atoms with van der Waals surface area (Å²) in [7, 11) is 0. The molecule has 158 valence electrons. The summed E-state index contributed by atoms with van der Waals surface area (Å²) in [6.45, 7) is 3.10. The molecule has 31 heavy (non-hydrogen) atoms. The van der Waals surface area contributed by atoms with Gasteiger partial charge in [0.2, 0.25) is 11.7 Å². The summed E-state index contributed by atoms with van der Waals surface area (Å²) in [5.74, 6) is 0.709. The van der Waals surface area contributed by atoms with Crippen LogP contribution in [-0.2, 0) is 6.54 Å². The van der Waals surface area contributed by atoms with E-state index in [1.165, 1.54) is 17.4 Å². The van der Waals surface area contributed by atoms with Gasteiger partial charge in [-0.05, 0) is 42.5 Å². The van der Waals surface area contributed by atoms with E-state index in [4.69, 9.17) is 16.1 Å². The van der Waals surface area contributed by atoms with E-state index < -0.39 is 0 Å². The molecule has 9 heteroatoms. The average molecular weight is 457 g/mol. The van der Waals surface area contributed by atoms with Crippen LogP contribution in [0.3, 0.4) is 0 Å². The maximum absolute atomic E-state index is 13.9. The van der Waals surface area contributed by atoms with E-state index >= 15 is 0 Å². The summed E-state index contributed by atoms with van der Waals surface area (Å²) in [5.41, 5.74) is 0.842. The molecule has 2 aromatic carbocycles. The van der Waals surface area contributed by atoms with Crippen LogP contribution in [0.4, 0.5) is 4.39 Å². The molecule has 1 fully saturated rings. The standard InChI is InChI=1S/C22H18ClFN4O2S/c23-15-6-4-14(5-7-15)21-25-20(30-26-21)13-27-8-10-28(11-9-27)22(29)19-12-16-17(24)2-1-3-18(16)31-19/h1-7,12H,8-11,13H2. The zero-order valence-corrected chi connectivity index (χ0v) is 18.0. The Bertz CT molecular complexity index is 1230. The molecule has 0 unspecified atom stereocenters. The molecule has 4 aromatic rings. The predicted octanol–water partition coefficient (Wildman–Crippen LogP) is 4.70. The van der Waals surface area contributed by atoms with E-state index in [1.54, 1.807) is 24.3 Å². The van der Waals surface area contributed by atoms with Crippen molar-refractivity contribution in [2.24, 2.45) is 0 Å². The lowest BCUT2D eigenvalue weighted by Crippen LogP contribution is -2.48. The van der Waals surface area contributed by atoms with E-state index in [0.29, 0.717) is 59.7 Å². The van der Waals surface area contributed by atoms with Crippen LogP contribution in [0.25, 0.3) is 21.5 Å². The highest BCUT2D eigenvalue weighted by atomic mass is 35.5. The molecule has 0 atom stereocenters. The number of aromatic nitrogens is 2. The van der Waals surface area contributed by atoms with Crippen molar-refractivity contribution in [2.45, 2.75) is 6.54 Å². The molecule has 0 aliphatic carbocycles. The number of amides is 1. The smallest absolute Gasteiger partial charge is 0.264 e. The molecule has 1 amide bonds. The van der Waals surface area contributed by atoms with Crippen molar-refractivity contribution in [3.8, 4) is 11.4 Å². The van der Waals surface area contributed by atoms with Crippen LogP contribution < -0.4 is 0 Å². The second kappa shape index (κ2) is 8.37. The van der Waals surface area contributed by atoms with E-state index in [-0.39, 0.29) is 11.7 Å². The van der Waals surface area contributed by atoms with Gasteiger partial charge in [-0.2, -0.15) is 4.98 Å². The highest BCUT2D eigenvalue weighted by molar-refractivity contribution is 7.20. The van der Waals surface area contributed by atoms with E-state index in [1.807, 2.05) is 23.1 Å². The summed E-state index contributed by atoms with van der Waals surface area (Å²) in [6, 6.07) is 13.8. The van der Waals surface area contributed by atoms with Crippen LogP contribution in [-0.4, -0.2) is 52.0 Å². The lowest BCUT2D eigenvalue weighted by molar-refractivity contribution is 0.0620. The van der Waals surface area contributed by atoms with Crippen LogP contribution >= 0.6 is 22.9 Å². The number of halogens is 2. The third kappa shape index (κ3) is 4.19. The molecule has 2 aromatic heterocycles. The Kier molecular flexibility index (Phi) is 5.43. The molecule has 0 spiro atoms. The Morgan fingerprint density at radius 1 is 1.13 bits per heavy atom. The van der Waals surface area contributed by atoms with E-state index in [0.717, 1.165) is 10.3 Å². The fourth-order valence-corrected chi connectivity index (χ4v) is 4.79. The van der Waals surface area contributed by atoms with Gasteiger partial charge in [-0.1, -0.05) is 22.8 Å². The molecular weight excluding hydrogens is 439 g/mol. The highest BCUT2D eigenvalue weighted by Gasteiger charge is 2.25. The number of carbonyl (C=O) groups excluding carboxylic acids is 1. The van der Waals surface area contributed by atoms with Crippen molar-refractivity contribution in [1.29, 1.82) is 0 Å². The molecule has 1 aliphatic rings. The van der Waals surface area contributed by atoms with Crippen LogP contribution in [0, 0.1) is 5.82 Å². The van der Waals surface area contributed by atoms with Crippen molar-refractivity contribution in [3.63, 3.8) is 0 Å². The van der Waals surface area contributed by atoms with Crippen molar-refractivity contribution in [3.05, 3.63) is 70.1 Å². The monoisotopic (exact) mass is 456 g/mol. The topological polar surface area (TPSA) is 62.5 Å². The molecule has 1 saturated heterocycles. The van der Waals surface area contributed by atoms with E-state index in [2.05, 4.69) is 15.0 Å². The number of hydrogen-bond acceptors (Lipinski definition) is 6. The largest absolute Gasteiger partial charge is 0.338 e. The molecule has 0 bridgehead atoms. The number of nitrogens with zero attached hydrogens (tertiary/aromatic N) is 4. The first-order valence-corrected chi connectivity index (χ1v) is 11.0. The number of piperazine rings is 1. The third-order valence-electron chi connectivity index (χ3n) is 5.31. The normalized spacial score (nSPS) is 15.0. The Morgan fingerprint density at radius 2 is 1.90 bits per heavy atom. The fourth-order valence-electron chi connectivity index (χ4n) is 3.62. The van der Waals surface area contributed by atoms with Crippen LogP contribution in [0.2, 0.25) is 5.02 Å². The minimum Gasteiger partial charge on any atom is -0.338 e. The lowest BCUT2D eigenvalue weighted by Gasteiger charge is -2.33. The first-order chi connectivity index (χ1) is 15.1. The summed E-state index contributed by atoms with van der Waals surface area (Å²) in [6.07, 6.45) is 0. The van der Waals surface area contributed by atoms with Crippen molar-refractivity contribution in [2.75, 3.05) is 26.2 Å². The molecule has 0 N–H and O–H groups in total. The maximum atomic E-state index is 13.9. The van der Waals surface area contributed by atoms with Gasteiger partial charge in [0.1, 0.15) is 5.82 Å². The van der Waals surface area contributed by atoms with Gasteiger partial charge in [0.05, 0.1) is 11.4 Å². The van der Waals surface area contributed by atoms with Gasteiger partial charge in [-0.15, -0.1) is 11.3 Å². The van der Waals surface area contributed by atoms with Crippen molar-refractivity contribution in [1.82, 2.24) is 19.9 Å². The number of benzene rings is 2. The second-order valence-electron chi connectivity index (χ2n) is 7.35. The van der Waals surface area contributed by atoms with Gasteiger partial charge < -0.3 is 9.42 Å². The minimum absolute atomic E-state index is 0.0527. The zero-order valence-electron chi connectivity index (χ0n) is 16.4. The maximum Gasteiger partial charge on any atom is 0.264 e. The third-order valence-corrected chi connectivity index (χ3v) is 6.65. The quantitative estimate of drug-likeness (QED) is 0.445. The first kappa shape index (κ1) is 20.1. The number of hydrogen-bond donors (Lipinski definition) is 0. The SMILES string of the molecule is O=C(c1cc2c(F)cccc2s1)N1CCN(Cc2nc(-c3ccc(Cl)cc3)no2)CC1. The predicted molar refractivity (Wildman–Crippen MR) is 118 cm³/mol. The van der Waals surface area contributed by atoms with Gasteiger partial charge in [-0.25, -0.2) is 4.39 Å². The fraction of sp³-hybridized carbons (Fsp3) is 0.227. The summed E-state index contributed by atoms with van der Waals surface area (Å²) in [4.78, 5) is 21.9. The van der Waals surface area contributed by atoms with Gasteiger partial charge in [0.25, 0.3) is 5.91 Å². The van der Waals surface area contributed by atoms with Crippen LogP contribution in [0.1, 0.15) is 15.6 Å². The molecule has 3 heterocycles. The molecule has 1 aliphatic heterocycles. The molecule has 5 rings (SSSR count). The Balaban J connectivity index is 1.20. The zero-order chi connectivity index (χ0) is 21.4. The minimum atomic E-state index is -0.296. The Labute approximate surface area is 186 Å². The lowest BCUT2D eigenvalue weighted by atomic mass is 10.2. The molecule has 6 nitrogen and oxygen atoms in total. The number of carbonyl (C=O) groups is 1. The highest BCUT2D eigenvalue weighted by Crippen LogP contribution is 2.29. The summed E-state index contributed by atoms with van der Waals surface area (Å²) >= 11 is 7.25. The van der Waals surface area contributed by atoms with Gasteiger partial charge in [-0.3, -0.25) is 9.69 Å². The summed E-state index contributed by atoms with van der Waals surface area (Å²) < 4.78 is 20.1. The molecule has 0 radical (unpaired) electrons. The number of rotatable bonds is 4.